The molecule has 0 N–H and O–H groups in total. The number of hydrogen-bond acceptors (Lipinski definition) is 2. The fourth-order valence-electron chi connectivity index (χ4n) is 11.6. The van der Waals surface area contributed by atoms with Crippen LogP contribution in [0.2, 0.25) is 0 Å². The van der Waals surface area contributed by atoms with Gasteiger partial charge < -0.3 is 9.32 Å². The van der Waals surface area contributed by atoms with E-state index >= 15 is 0 Å². The Morgan fingerprint density at radius 3 is 1.57 bits per heavy atom. The minimum atomic E-state index is -0.556. The maximum Gasteiger partial charge on any atom is 0.143 e. The first-order chi connectivity index (χ1) is 33.2. The third-order valence-electron chi connectivity index (χ3n) is 14.5. The topological polar surface area (TPSA) is 16.4 Å². The van der Waals surface area contributed by atoms with Crippen LogP contribution in [0.5, 0.6) is 0 Å². The molecule has 2 nitrogen and oxygen atoms in total. The number of benzene rings is 11. The lowest BCUT2D eigenvalue weighted by Gasteiger charge is -2.33. The molecule has 14 rings (SSSR count). The van der Waals surface area contributed by atoms with Gasteiger partial charge in [-0.25, -0.2) is 0 Å². The Morgan fingerprint density at radius 1 is 0.313 bits per heavy atom. The number of para-hydroxylation sites is 2. The second-order valence-corrected chi connectivity index (χ2v) is 17.9. The lowest BCUT2D eigenvalue weighted by molar-refractivity contribution is 0.670. The zero-order chi connectivity index (χ0) is 44.1. The van der Waals surface area contributed by atoms with Crippen molar-refractivity contribution >= 4 is 49.8 Å². The highest BCUT2D eigenvalue weighted by molar-refractivity contribution is 6.11. The van der Waals surface area contributed by atoms with Crippen LogP contribution in [0.4, 0.5) is 17.1 Å². The highest BCUT2D eigenvalue weighted by Crippen LogP contribution is 2.66. The molecule has 312 valence electrons. The van der Waals surface area contributed by atoms with Crippen LogP contribution >= 0.6 is 0 Å². The molecule has 2 aliphatic rings. The highest BCUT2D eigenvalue weighted by Gasteiger charge is 2.53. The molecule has 0 saturated carbocycles. The molecule has 1 atom stereocenters. The molecule has 0 fully saturated rings. The normalized spacial score (nSPS) is 14.3. The van der Waals surface area contributed by atoms with E-state index in [2.05, 4.69) is 248 Å². The summed E-state index contributed by atoms with van der Waals surface area (Å²) in [7, 11) is 0. The van der Waals surface area contributed by atoms with E-state index in [4.69, 9.17) is 4.42 Å². The molecule has 67 heavy (non-hydrogen) atoms. The van der Waals surface area contributed by atoms with Crippen LogP contribution in [-0.4, -0.2) is 0 Å². The summed E-state index contributed by atoms with van der Waals surface area (Å²) in [5.74, 6) is 0. The van der Waals surface area contributed by atoms with Crippen molar-refractivity contribution in [3.8, 4) is 55.6 Å². The molecule has 1 spiro atoms. The van der Waals surface area contributed by atoms with Gasteiger partial charge in [0.05, 0.1) is 11.1 Å². The van der Waals surface area contributed by atoms with Crippen LogP contribution in [0, 0.1) is 0 Å². The standard InChI is InChI=1S/C65H41NO/c1-3-16-42(17-4-1)44-30-35-48(36-31-44)66(49-37-32-46(33-38-49)51-25-15-26-53-52-22-11-14-29-61(52)67-64(51)53)60-41-47(43-18-5-2-6-19-43)40-59-63(60)55-24-10-13-28-57(55)65(59)56-27-12-9-23-54(56)62-50-21-8-7-20-45(50)34-39-58(62)65/h1-41H. The molecule has 0 saturated heterocycles. The molecule has 0 radical (unpaired) electrons. The number of hydrogen-bond donors (Lipinski definition) is 0. The van der Waals surface area contributed by atoms with Crippen LogP contribution in [-0.2, 0) is 5.41 Å². The predicted molar refractivity (Wildman–Crippen MR) is 279 cm³/mol. The number of nitrogens with zero attached hydrogens (tertiary/aromatic N) is 1. The quantitative estimate of drug-likeness (QED) is 0.166. The van der Waals surface area contributed by atoms with Crippen LogP contribution in [0.3, 0.4) is 0 Å². The first-order valence-electron chi connectivity index (χ1n) is 23.2. The SMILES string of the molecule is c1ccc(-c2ccc(N(c3ccc(-c4cccc5c4oc4ccccc45)cc3)c3cc(-c4ccccc4)cc4c3-c3ccccc3C43c4ccccc4-c4c3ccc3ccccc43)cc2)cc1. The summed E-state index contributed by atoms with van der Waals surface area (Å²) >= 11 is 0. The monoisotopic (exact) mass is 851 g/mol. The summed E-state index contributed by atoms with van der Waals surface area (Å²) in [6.07, 6.45) is 0. The summed E-state index contributed by atoms with van der Waals surface area (Å²) in [4.78, 5) is 2.49. The third kappa shape index (κ3) is 5.51. The summed E-state index contributed by atoms with van der Waals surface area (Å²) in [6, 6.07) is 91.4. The zero-order valence-electron chi connectivity index (χ0n) is 36.5. The van der Waals surface area contributed by atoms with Crippen molar-refractivity contribution in [2.45, 2.75) is 5.41 Å². The molecule has 12 aromatic rings. The Kier molecular flexibility index (Phi) is 8.23. The predicted octanol–water partition coefficient (Wildman–Crippen LogP) is 17.6. The first kappa shape index (κ1) is 37.6. The summed E-state index contributed by atoms with van der Waals surface area (Å²) in [5.41, 5.74) is 21.8. The van der Waals surface area contributed by atoms with Crippen LogP contribution in [0.15, 0.2) is 253 Å². The van der Waals surface area contributed by atoms with Crippen LogP contribution in [0.1, 0.15) is 22.3 Å². The third-order valence-corrected chi connectivity index (χ3v) is 14.5. The second-order valence-electron chi connectivity index (χ2n) is 17.9. The summed E-state index contributed by atoms with van der Waals surface area (Å²) in [5, 5.41) is 4.80. The minimum absolute atomic E-state index is 0.556. The van der Waals surface area contributed by atoms with Crippen molar-refractivity contribution < 1.29 is 4.42 Å². The summed E-state index contributed by atoms with van der Waals surface area (Å²) < 4.78 is 6.55. The highest BCUT2D eigenvalue weighted by atomic mass is 16.3. The van der Waals surface area contributed by atoms with Crippen molar-refractivity contribution in [3.63, 3.8) is 0 Å². The van der Waals surface area contributed by atoms with Crippen molar-refractivity contribution in [3.05, 3.63) is 271 Å². The number of fused-ring (bicyclic) bond motifs is 15. The van der Waals surface area contributed by atoms with E-state index in [1.165, 1.54) is 77.5 Å². The van der Waals surface area contributed by atoms with Gasteiger partial charge in [-0.2, -0.15) is 0 Å². The van der Waals surface area contributed by atoms with Gasteiger partial charge in [0.15, 0.2) is 0 Å². The minimum Gasteiger partial charge on any atom is -0.455 e. The Bertz CT molecular complexity index is 3900. The average Bonchev–Trinajstić information content (AvgIpc) is 4.04. The molecule has 1 heterocycles. The number of rotatable bonds is 6. The molecule has 0 amide bonds. The fraction of sp³-hybridized carbons (Fsp3) is 0.0154. The van der Waals surface area contributed by atoms with E-state index in [-0.39, 0.29) is 0 Å². The Morgan fingerprint density at radius 2 is 0.851 bits per heavy atom. The van der Waals surface area contributed by atoms with Gasteiger partial charge in [-0.1, -0.05) is 206 Å². The van der Waals surface area contributed by atoms with Gasteiger partial charge in [0.2, 0.25) is 0 Å². The van der Waals surface area contributed by atoms with Gasteiger partial charge in [0.1, 0.15) is 11.2 Å². The Balaban J connectivity index is 1.05. The molecule has 1 aromatic heterocycles. The van der Waals surface area contributed by atoms with Crippen molar-refractivity contribution in [2.75, 3.05) is 4.90 Å². The van der Waals surface area contributed by atoms with Crippen molar-refractivity contribution in [1.82, 2.24) is 0 Å². The summed E-state index contributed by atoms with van der Waals surface area (Å²) in [6.45, 7) is 0. The maximum absolute atomic E-state index is 6.55. The maximum atomic E-state index is 6.55. The van der Waals surface area contributed by atoms with Gasteiger partial charge in [0, 0.05) is 33.3 Å². The average molecular weight is 852 g/mol. The first-order valence-corrected chi connectivity index (χ1v) is 23.2. The molecular weight excluding hydrogens is 811 g/mol. The van der Waals surface area contributed by atoms with Gasteiger partial charge in [-0.3, -0.25) is 0 Å². The van der Waals surface area contributed by atoms with Gasteiger partial charge in [-0.15, -0.1) is 0 Å². The van der Waals surface area contributed by atoms with Crippen molar-refractivity contribution in [1.29, 1.82) is 0 Å². The fourth-order valence-corrected chi connectivity index (χ4v) is 11.6. The Labute approximate surface area is 389 Å². The zero-order valence-corrected chi connectivity index (χ0v) is 36.5. The van der Waals surface area contributed by atoms with E-state index in [1.807, 2.05) is 6.07 Å². The Hall–Kier alpha value is -8.72. The second kappa shape index (κ2) is 14.7. The van der Waals surface area contributed by atoms with E-state index < -0.39 is 5.41 Å². The van der Waals surface area contributed by atoms with Gasteiger partial charge >= 0.3 is 0 Å². The van der Waals surface area contributed by atoms with Gasteiger partial charge in [0.25, 0.3) is 0 Å². The number of anilines is 3. The number of furan rings is 1. The van der Waals surface area contributed by atoms with Crippen molar-refractivity contribution in [2.24, 2.45) is 0 Å². The van der Waals surface area contributed by atoms with E-state index in [0.29, 0.717) is 0 Å². The molecular formula is C65H41NO. The van der Waals surface area contributed by atoms with E-state index in [0.717, 1.165) is 50.1 Å². The lowest BCUT2D eigenvalue weighted by atomic mass is 9.70. The van der Waals surface area contributed by atoms with Gasteiger partial charge in [-0.05, 0) is 120 Å². The van der Waals surface area contributed by atoms with E-state index in [9.17, 15) is 0 Å². The largest absolute Gasteiger partial charge is 0.455 e. The lowest BCUT2D eigenvalue weighted by Crippen LogP contribution is -2.26. The van der Waals surface area contributed by atoms with Crippen LogP contribution in [0.25, 0.3) is 88.3 Å². The molecule has 2 heteroatoms. The van der Waals surface area contributed by atoms with Crippen LogP contribution < -0.4 is 4.90 Å². The molecule has 0 bridgehead atoms. The smallest absolute Gasteiger partial charge is 0.143 e. The molecule has 1 unspecified atom stereocenters. The molecule has 0 aliphatic heterocycles. The van der Waals surface area contributed by atoms with E-state index in [1.54, 1.807) is 0 Å². The molecule has 2 aliphatic carbocycles. The molecule has 11 aromatic carbocycles.